The van der Waals surface area contributed by atoms with Crippen molar-refractivity contribution in [2.45, 2.75) is 6.61 Å². The molecule has 0 saturated carbocycles. The van der Waals surface area contributed by atoms with Crippen LogP contribution in [-0.2, 0) is 11.3 Å². The molecule has 7 heteroatoms. The summed E-state index contributed by atoms with van der Waals surface area (Å²) in [6.45, 7) is -0.127. The van der Waals surface area contributed by atoms with Gasteiger partial charge in [-0.1, -0.05) is 27.2 Å². The molecule has 3 aromatic rings. The number of hydrogen-bond donors (Lipinski definition) is 0. The smallest absolute Gasteiger partial charge is 0.338 e. The van der Waals surface area contributed by atoms with Gasteiger partial charge >= 0.3 is 5.97 Å². The van der Waals surface area contributed by atoms with Gasteiger partial charge in [0.15, 0.2) is 5.76 Å². The van der Waals surface area contributed by atoms with Gasteiger partial charge in [0.25, 0.3) is 0 Å². The van der Waals surface area contributed by atoms with Crippen LogP contribution in [0, 0.1) is 11.6 Å². The highest BCUT2D eigenvalue weighted by Crippen LogP contribution is 2.24. The Hall–Kier alpha value is -2.54. The number of carbonyl (C=O) groups excluding carboxylic acids is 1. The lowest BCUT2D eigenvalue weighted by atomic mass is 10.1. The van der Waals surface area contributed by atoms with Gasteiger partial charge < -0.3 is 9.26 Å². The molecule has 0 aliphatic heterocycles. The van der Waals surface area contributed by atoms with Gasteiger partial charge in [0.1, 0.15) is 23.9 Å². The number of rotatable bonds is 4. The van der Waals surface area contributed by atoms with Gasteiger partial charge in [0, 0.05) is 16.6 Å². The number of esters is 1. The van der Waals surface area contributed by atoms with Crippen LogP contribution in [0.4, 0.5) is 8.78 Å². The predicted octanol–water partition coefficient (Wildman–Crippen LogP) is 4.74. The summed E-state index contributed by atoms with van der Waals surface area (Å²) in [5, 5.41) is 3.72. The van der Waals surface area contributed by atoms with Gasteiger partial charge in [-0.15, -0.1) is 0 Å². The van der Waals surface area contributed by atoms with Crippen LogP contribution in [-0.4, -0.2) is 11.1 Å². The molecule has 0 radical (unpaired) electrons. The molecule has 0 N–H and O–H groups in total. The second-order valence-corrected chi connectivity index (χ2v) is 5.81. The maximum Gasteiger partial charge on any atom is 0.338 e. The summed E-state index contributed by atoms with van der Waals surface area (Å²) in [7, 11) is 0. The second-order valence-electron chi connectivity index (χ2n) is 4.89. The first-order chi connectivity index (χ1) is 11.5. The quantitative estimate of drug-likeness (QED) is 0.600. The predicted molar refractivity (Wildman–Crippen MR) is 85.1 cm³/mol. The van der Waals surface area contributed by atoms with Crippen molar-refractivity contribution in [1.29, 1.82) is 0 Å². The van der Waals surface area contributed by atoms with E-state index in [1.807, 2.05) is 0 Å². The van der Waals surface area contributed by atoms with Crippen LogP contribution >= 0.6 is 15.9 Å². The molecule has 0 amide bonds. The van der Waals surface area contributed by atoms with Crippen LogP contribution < -0.4 is 0 Å². The minimum absolute atomic E-state index is 0.0773. The third-order valence-corrected chi connectivity index (χ3v) is 3.66. The van der Waals surface area contributed by atoms with Crippen LogP contribution in [0.2, 0.25) is 0 Å². The number of ether oxygens (including phenoxy) is 1. The molecule has 122 valence electrons. The summed E-state index contributed by atoms with van der Waals surface area (Å²) in [6, 6.07) is 11.3. The Labute approximate surface area is 144 Å². The highest BCUT2D eigenvalue weighted by molar-refractivity contribution is 9.10. The monoisotopic (exact) mass is 393 g/mol. The molecule has 0 atom stereocenters. The van der Waals surface area contributed by atoms with Crippen molar-refractivity contribution in [3.05, 3.63) is 75.9 Å². The maximum absolute atomic E-state index is 13.7. The van der Waals surface area contributed by atoms with Gasteiger partial charge in [-0.2, -0.15) is 0 Å². The molecule has 0 aliphatic carbocycles. The van der Waals surface area contributed by atoms with E-state index < -0.39 is 17.6 Å². The number of nitrogens with zero attached hydrogens (tertiary/aromatic N) is 1. The molecular weight excluding hydrogens is 384 g/mol. The van der Waals surface area contributed by atoms with E-state index in [1.54, 1.807) is 24.3 Å². The molecule has 4 nitrogen and oxygen atoms in total. The van der Waals surface area contributed by atoms with E-state index in [9.17, 15) is 13.6 Å². The van der Waals surface area contributed by atoms with Gasteiger partial charge in [0.05, 0.1) is 11.1 Å². The van der Waals surface area contributed by atoms with Crippen LogP contribution in [0.25, 0.3) is 11.3 Å². The summed E-state index contributed by atoms with van der Waals surface area (Å²) in [5.41, 5.74) is 0.781. The molecule has 2 aromatic carbocycles. The van der Waals surface area contributed by atoms with Crippen LogP contribution in [0.1, 0.15) is 16.1 Å². The molecule has 1 heterocycles. The molecule has 0 saturated heterocycles. The Morgan fingerprint density at radius 1 is 1.17 bits per heavy atom. The minimum atomic E-state index is -0.760. The third kappa shape index (κ3) is 3.68. The molecule has 0 bridgehead atoms. The molecule has 1 aromatic heterocycles. The van der Waals surface area contributed by atoms with E-state index in [1.165, 1.54) is 12.1 Å². The number of carbonyl (C=O) groups is 1. The molecule has 3 rings (SSSR count). The van der Waals surface area contributed by atoms with E-state index in [-0.39, 0.29) is 17.9 Å². The summed E-state index contributed by atoms with van der Waals surface area (Å²) >= 11 is 3.27. The van der Waals surface area contributed by atoms with Crippen LogP contribution in [0.3, 0.4) is 0 Å². The van der Waals surface area contributed by atoms with Gasteiger partial charge in [-0.25, -0.2) is 13.6 Å². The zero-order valence-electron chi connectivity index (χ0n) is 12.1. The first kappa shape index (κ1) is 16.3. The summed E-state index contributed by atoms with van der Waals surface area (Å²) in [4.78, 5) is 11.9. The lowest BCUT2D eigenvalue weighted by molar-refractivity contribution is 0.0464. The first-order valence-corrected chi connectivity index (χ1v) is 7.66. The number of benzene rings is 2. The summed E-state index contributed by atoms with van der Waals surface area (Å²) in [5.74, 6) is -1.84. The fraction of sp³-hybridized carbons (Fsp3) is 0.0588. The fourth-order valence-electron chi connectivity index (χ4n) is 2.03. The van der Waals surface area contributed by atoms with Crippen molar-refractivity contribution in [3.8, 4) is 11.3 Å². The number of hydrogen-bond acceptors (Lipinski definition) is 4. The standard InChI is InChI=1S/C17H10BrF2NO3/c18-11-3-1-2-10(6-11)17(22)23-9-13-8-16(24-21-13)14-5-4-12(19)7-15(14)20/h1-8H,9H2. The lowest BCUT2D eigenvalue weighted by Gasteiger charge is -2.02. The van der Waals surface area contributed by atoms with Crippen molar-refractivity contribution in [1.82, 2.24) is 5.16 Å². The Kier molecular flexibility index (Phi) is 4.71. The number of halogens is 3. The zero-order valence-corrected chi connectivity index (χ0v) is 13.7. The second kappa shape index (κ2) is 6.92. The highest BCUT2D eigenvalue weighted by Gasteiger charge is 2.14. The van der Waals surface area contributed by atoms with Gasteiger partial charge in [0.2, 0.25) is 0 Å². The summed E-state index contributed by atoms with van der Waals surface area (Å²) in [6.07, 6.45) is 0. The fourth-order valence-corrected chi connectivity index (χ4v) is 2.43. The molecule has 0 aliphatic rings. The van der Waals surface area contributed by atoms with E-state index in [0.29, 0.717) is 11.3 Å². The maximum atomic E-state index is 13.7. The molecular formula is C17H10BrF2NO3. The third-order valence-electron chi connectivity index (χ3n) is 3.17. The van der Waals surface area contributed by atoms with Gasteiger partial charge in [-0.3, -0.25) is 0 Å². The molecule has 24 heavy (non-hydrogen) atoms. The topological polar surface area (TPSA) is 52.3 Å². The molecule has 0 spiro atoms. The number of aromatic nitrogens is 1. The Bertz CT molecular complexity index is 895. The van der Waals surface area contributed by atoms with Crippen molar-refractivity contribution >= 4 is 21.9 Å². The average molecular weight is 394 g/mol. The molecule has 0 unspecified atom stereocenters. The van der Waals surface area contributed by atoms with Crippen LogP contribution in [0.15, 0.2) is 57.5 Å². The first-order valence-electron chi connectivity index (χ1n) is 6.86. The van der Waals surface area contributed by atoms with E-state index in [4.69, 9.17) is 9.26 Å². The van der Waals surface area contributed by atoms with Crippen molar-refractivity contribution < 1.29 is 22.8 Å². The van der Waals surface area contributed by atoms with Crippen molar-refractivity contribution in [2.75, 3.05) is 0 Å². The zero-order chi connectivity index (χ0) is 17.1. The van der Waals surface area contributed by atoms with Crippen molar-refractivity contribution in [3.63, 3.8) is 0 Å². The van der Waals surface area contributed by atoms with E-state index >= 15 is 0 Å². The summed E-state index contributed by atoms with van der Waals surface area (Å²) < 4.78 is 37.5. The normalized spacial score (nSPS) is 10.6. The Morgan fingerprint density at radius 3 is 2.75 bits per heavy atom. The molecule has 0 fully saturated rings. The highest BCUT2D eigenvalue weighted by atomic mass is 79.9. The Balaban J connectivity index is 1.69. The average Bonchev–Trinajstić information content (AvgIpc) is 3.01. The minimum Gasteiger partial charge on any atom is -0.455 e. The van der Waals surface area contributed by atoms with Crippen molar-refractivity contribution in [2.24, 2.45) is 0 Å². The van der Waals surface area contributed by atoms with Gasteiger partial charge in [-0.05, 0) is 30.3 Å². The largest absolute Gasteiger partial charge is 0.455 e. The Morgan fingerprint density at radius 2 is 2.00 bits per heavy atom. The van der Waals surface area contributed by atoms with Crippen LogP contribution in [0.5, 0.6) is 0 Å². The van der Waals surface area contributed by atoms with E-state index in [2.05, 4.69) is 21.1 Å². The SMILES string of the molecule is O=C(OCc1cc(-c2ccc(F)cc2F)on1)c1cccc(Br)c1. The lowest BCUT2D eigenvalue weighted by Crippen LogP contribution is -2.05. The van der Waals surface area contributed by atoms with E-state index in [0.717, 1.165) is 16.6 Å².